The SMILES string of the molecule is CC(NCc1ccc2[nH]ccc2c1)c1cccc(Br)c1. The minimum absolute atomic E-state index is 0.328. The fourth-order valence-corrected chi connectivity index (χ4v) is 2.79. The molecule has 0 amide bonds. The van der Waals surface area contributed by atoms with Crippen LogP contribution in [0.15, 0.2) is 59.2 Å². The van der Waals surface area contributed by atoms with E-state index in [-0.39, 0.29) is 0 Å². The fraction of sp³-hybridized carbons (Fsp3) is 0.176. The molecule has 1 aromatic heterocycles. The Balaban J connectivity index is 1.69. The van der Waals surface area contributed by atoms with Gasteiger partial charge in [-0.1, -0.05) is 34.1 Å². The standard InChI is InChI=1S/C17H17BrN2/c1-12(14-3-2-4-16(18)10-14)20-11-13-5-6-17-15(9-13)7-8-19-17/h2-10,12,19-20H,11H2,1H3. The van der Waals surface area contributed by atoms with Crippen LogP contribution in [0.1, 0.15) is 24.1 Å². The third kappa shape index (κ3) is 2.94. The Morgan fingerprint density at radius 1 is 1.15 bits per heavy atom. The van der Waals surface area contributed by atoms with Crippen LogP contribution in [0.25, 0.3) is 10.9 Å². The molecular weight excluding hydrogens is 312 g/mol. The molecule has 3 heteroatoms. The molecule has 3 aromatic rings. The number of nitrogens with one attached hydrogen (secondary N) is 2. The van der Waals surface area contributed by atoms with Crippen molar-refractivity contribution < 1.29 is 0 Å². The molecule has 0 aliphatic rings. The number of hydrogen-bond donors (Lipinski definition) is 2. The molecule has 0 aliphatic heterocycles. The van der Waals surface area contributed by atoms with Crippen molar-refractivity contribution in [3.05, 3.63) is 70.3 Å². The second-order valence-electron chi connectivity index (χ2n) is 5.06. The van der Waals surface area contributed by atoms with Crippen LogP contribution in [0.5, 0.6) is 0 Å². The summed E-state index contributed by atoms with van der Waals surface area (Å²) >= 11 is 3.52. The Labute approximate surface area is 127 Å². The van der Waals surface area contributed by atoms with Crippen molar-refractivity contribution in [3.63, 3.8) is 0 Å². The van der Waals surface area contributed by atoms with Crippen LogP contribution in [-0.4, -0.2) is 4.98 Å². The molecule has 20 heavy (non-hydrogen) atoms. The predicted octanol–water partition coefficient (Wildman–Crippen LogP) is 4.78. The second-order valence-corrected chi connectivity index (χ2v) is 5.97. The Hall–Kier alpha value is -1.58. The van der Waals surface area contributed by atoms with Gasteiger partial charge in [0.05, 0.1) is 0 Å². The van der Waals surface area contributed by atoms with Crippen LogP contribution in [0.4, 0.5) is 0 Å². The number of fused-ring (bicyclic) bond motifs is 1. The average Bonchev–Trinajstić information content (AvgIpc) is 2.92. The third-order valence-electron chi connectivity index (χ3n) is 3.58. The summed E-state index contributed by atoms with van der Waals surface area (Å²) in [6.45, 7) is 3.06. The number of hydrogen-bond acceptors (Lipinski definition) is 1. The molecule has 0 bridgehead atoms. The van der Waals surface area contributed by atoms with Gasteiger partial charge >= 0.3 is 0 Å². The molecule has 0 saturated carbocycles. The molecule has 1 atom stereocenters. The molecule has 0 aliphatic carbocycles. The van der Waals surface area contributed by atoms with E-state index in [2.05, 4.69) is 81.7 Å². The van der Waals surface area contributed by atoms with Crippen molar-refractivity contribution in [3.8, 4) is 0 Å². The lowest BCUT2D eigenvalue weighted by atomic mass is 10.1. The molecule has 2 aromatic carbocycles. The first-order chi connectivity index (χ1) is 9.72. The summed E-state index contributed by atoms with van der Waals surface area (Å²) in [5, 5.41) is 4.83. The molecule has 1 heterocycles. The molecule has 0 spiro atoms. The van der Waals surface area contributed by atoms with E-state index in [4.69, 9.17) is 0 Å². The minimum atomic E-state index is 0.328. The van der Waals surface area contributed by atoms with Crippen LogP contribution in [-0.2, 0) is 6.54 Å². The number of aromatic amines is 1. The van der Waals surface area contributed by atoms with Crippen LogP contribution in [0.2, 0.25) is 0 Å². The monoisotopic (exact) mass is 328 g/mol. The van der Waals surface area contributed by atoms with Gasteiger partial charge in [0, 0.05) is 28.8 Å². The number of rotatable bonds is 4. The van der Waals surface area contributed by atoms with E-state index in [1.54, 1.807) is 0 Å². The van der Waals surface area contributed by atoms with E-state index in [9.17, 15) is 0 Å². The summed E-state index contributed by atoms with van der Waals surface area (Å²) in [6, 6.07) is 17.4. The van der Waals surface area contributed by atoms with Crippen LogP contribution < -0.4 is 5.32 Å². The van der Waals surface area contributed by atoms with E-state index >= 15 is 0 Å². The van der Waals surface area contributed by atoms with Gasteiger partial charge in [0.15, 0.2) is 0 Å². The maximum Gasteiger partial charge on any atom is 0.0454 e. The summed E-state index contributed by atoms with van der Waals surface area (Å²) in [4.78, 5) is 3.22. The van der Waals surface area contributed by atoms with Crippen molar-refractivity contribution in [1.82, 2.24) is 10.3 Å². The maximum absolute atomic E-state index is 3.57. The molecular formula is C17H17BrN2. The van der Waals surface area contributed by atoms with Gasteiger partial charge in [0.25, 0.3) is 0 Å². The summed E-state index contributed by atoms with van der Waals surface area (Å²) in [6.07, 6.45) is 1.98. The number of aromatic nitrogens is 1. The van der Waals surface area contributed by atoms with Gasteiger partial charge in [-0.25, -0.2) is 0 Å². The van der Waals surface area contributed by atoms with Gasteiger partial charge in [0.1, 0.15) is 0 Å². The van der Waals surface area contributed by atoms with E-state index in [1.807, 2.05) is 6.20 Å². The smallest absolute Gasteiger partial charge is 0.0454 e. The Kier molecular flexibility index (Phi) is 3.90. The zero-order chi connectivity index (χ0) is 13.9. The molecule has 0 saturated heterocycles. The molecule has 3 rings (SSSR count). The Morgan fingerprint density at radius 3 is 2.90 bits per heavy atom. The predicted molar refractivity (Wildman–Crippen MR) is 87.7 cm³/mol. The van der Waals surface area contributed by atoms with Crippen LogP contribution in [0.3, 0.4) is 0 Å². The van der Waals surface area contributed by atoms with Crippen molar-refractivity contribution in [2.75, 3.05) is 0 Å². The molecule has 2 nitrogen and oxygen atoms in total. The number of H-pyrrole nitrogens is 1. The first-order valence-electron chi connectivity index (χ1n) is 6.77. The Bertz CT molecular complexity index is 718. The lowest BCUT2D eigenvalue weighted by Crippen LogP contribution is -2.17. The molecule has 2 N–H and O–H groups in total. The molecule has 1 unspecified atom stereocenters. The van der Waals surface area contributed by atoms with E-state index < -0.39 is 0 Å². The highest BCUT2D eigenvalue weighted by Crippen LogP contribution is 2.19. The van der Waals surface area contributed by atoms with Gasteiger partial charge in [0.2, 0.25) is 0 Å². The van der Waals surface area contributed by atoms with Crippen molar-refractivity contribution in [2.24, 2.45) is 0 Å². The highest BCUT2D eigenvalue weighted by atomic mass is 79.9. The molecule has 102 valence electrons. The van der Waals surface area contributed by atoms with Crippen molar-refractivity contribution in [1.29, 1.82) is 0 Å². The summed E-state index contributed by atoms with van der Waals surface area (Å²) in [5.74, 6) is 0. The molecule has 0 radical (unpaired) electrons. The summed E-state index contributed by atoms with van der Waals surface area (Å²) in [7, 11) is 0. The number of halogens is 1. The van der Waals surface area contributed by atoms with Gasteiger partial charge in [-0.3, -0.25) is 0 Å². The highest BCUT2D eigenvalue weighted by molar-refractivity contribution is 9.10. The van der Waals surface area contributed by atoms with Crippen LogP contribution in [0, 0.1) is 0 Å². The zero-order valence-corrected chi connectivity index (χ0v) is 12.9. The van der Waals surface area contributed by atoms with E-state index in [0.717, 1.165) is 11.0 Å². The average molecular weight is 329 g/mol. The van der Waals surface area contributed by atoms with Gasteiger partial charge < -0.3 is 10.3 Å². The van der Waals surface area contributed by atoms with Crippen LogP contribution >= 0.6 is 15.9 Å². The van der Waals surface area contributed by atoms with Gasteiger partial charge in [-0.05, 0) is 53.8 Å². The first-order valence-corrected chi connectivity index (χ1v) is 7.56. The van der Waals surface area contributed by atoms with Gasteiger partial charge in [-0.15, -0.1) is 0 Å². The normalized spacial score (nSPS) is 12.7. The molecule has 0 fully saturated rings. The van der Waals surface area contributed by atoms with E-state index in [0.29, 0.717) is 6.04 Å². The van der Waals surface area contributed by atoms with Gasteiger partial charge in [-0.2, -0.15) is 0 Å². The third-order valence-corrected chi connectivity index (χ3v) is 4.07. The first kappa shape index (κ1) is 13.4. The highest BCUT2D eigenvalue weighted by Gasteiger charge is 2.05. The Morgan fingerprint density at radius 2 is 2.05 bits per heavy atom. The summed E-state index contributed by atoms with van der Waals surface area (Å²) < 4.78 is 1.12. The fourth-order valence-electron chi connectivity index (χ4n) is 2.38. The summed E-state index contributed by atoms with van der Waals surface area (Å²) in [5.41, 5.74) is 3.79. The van der Waals surface area contributed by atoms with Crippen molar-refractivity contribution in [2.45, 2.75) is 19.5 Å². The zero-order valence-electron chi connectivity index (χ0n) is 11.4. The maximum atomic E-state index is 3.57. The minimum Gasteiger partial charge on any atom is -0.361 e. The van der Waals surface area contributed by atoms with Crippen molar-refractivity contribution >= 4 is 26.8 Å². The largest absolute Gasteiger partial charge is 0.361 e. The topological polar surface area (TPSA) is 27.8 Å². The lowest BCUT2D eigenvalue weighted by Gasteiger charge is -2.14. The quantitative estimate of drug-likeness (QED) is 0.708. The lowest BCUT2D eigenvalue weighted by molar-refractivity contribution is 0.575. The number of benzene rings is 2. The van der Waals surface area contributed by atoms with E-state index in [1.165, 1.54) is 22.0 Å². The second kappa shape index (κ2) is 5.81.